The van der Waals surface area contributed by atoms with E-state index in [1.165, 1.54) is 0 Å². The standard InChI is InChI=1S/C19H21N3O2/c23-17(20-15-8-9-15)13-18(24)22-12-11-21-10-4-7-16(21)19(22)14-5-2-1-3-6-14/h1-7,10,15,19H,8-9,11-13H2,(H,20,23). The van der Waals surface area contributed by atoms with Gasteiger partial charge < -0.3 is 14.8 Å². The van der Waals surface area contributed by atoms with Gasteiger partial charge in [-0.1, -0.05) is 30.3 Å². The minimum absolute atomic E-state index is 0.0689. The first-order chi connectivity index (χ1) is 11.7. The number of carbonyl (C=O) groups is 2. The van der Waals surface area contributed by atoms with Crippen LogP contribution in [0, 0.1) is 0 Å². The summed E-state index contributed by atoms with van der Waals surface area (Å²) < 4.78 is 2.19. The number of fused-ring (bicyclic) bond motifs is 1. The minimum atomic E-state index is -0.157. The smallest absolute Gasteiger partial charge is 0.232 e. The highest BCUT2D eigenvalue weighted by atomic mass is 16.2. The first kappa shape index (κ1) is 15.0. The van der Waals surface area contributed by atoms with Crippen molar-refractivity contribution in [2.45, 2.75) is 37.9 Å². The second-order valence-electron chi connectivity index (χ2n) is 6.55. The topological polar surface area (TPSA) is 54.3 Å². The van der Waals surface area contributed by atoms with Crippen LogP contribution in [0.4, 0.5) is 0 Å². The van der Waals surface area contributed by atoms with Gasteiger partial charge in [0, 0.05) is 31.0 Å². The van der Waals surface area contributed by atoms with Crippen molar-refractivity contribution in [1.82, 2.24) is 14.8 Å². The molecule has 124 valence electrons. The first-order valence-electron chi connectivity index (χ1n) is 8.51. The van der Waals surface area contributed by atoms with E-state index in [-0.39, 0.29) is 30.3 Å². The Morgan fingerprint density at radius 3 is 2.58 bits per heavy atom. The van der Waals surface area contributed by atoms with E-state index >= 15 is 0 Å². The highest BCUT2D eigenvalue weighted by Gasteiger charge is 2.33. The van der Waals surface area contributed by atoms with Gasteiger partial charge in [-0.15, -0.1) is 0 Å². The molecule has 5 nitrogen and oxygen atoms in total. The molecule has 1 aromatic heterocycles. The van der Waals surface area contributed by atoms with Crippen molar-refractivity contribution in [3.63, 3.8) is 0 Å². The van der Waals surface area contributed by atoms with Gasteiger partial charge in [-0.2, -0.15) is 0 Å². The van der Waals surface area contributed by atoms with Crippen molar-refractivity contribution in [1.29, 1.82) is 0 Å². The van der Waals surface area contributed by atoms with Gasteiger partial charge in [0.1, 0.15) is 6.42 Å². The number of hydrogen-bond acceptors (Lipinski definition) is 2. The molecule has 0 bridgehead atoms. The summed E-state index contributed by atoms with van der Waals surface area (Å²) in [6.07, 6.45) is 4.04. The Kier molecular flexibility index (Phi) is 3.84. The number of benzene rings is 1. The number of amides is 2. The molecule has 0 spiro atoms. The molecular formula is C19H21N3O2. The molecule has 4 rings (SSSR count). The minimum Gasteiger partial charge on any atom is -0.353 e. The fourth-order valence-corrected chi connectivity index (χ4v) is 3.38. The van der Waals surface area contributed by atoms with Gasteiger partial charge in [-0.25, -0.2) is 0 Å². The van der Waals surface area contributed by atoms with Gasteiger partial charge in [0.05, 0.1) is 6.04 Å². The lowest BCUT2D eigenvalue weighted by atomic mass is 9.99. The van der Waals surface area contributed by atoms with Crippen LogP contribution in [-0.2, 0) is 16.1 Å². The zero-order valence-electron chi connectivity index (χ0n) is 13.5. The van der Waals surface area contributed by atoms with E-state index < -0.39 is 0 Å². The molecular weight excluding hydrogens is 302 g/mol. The van der Waals surface area contributed by atoms with Gasteiger partial charge >= 0.3 is 0 Å². The van der Waals surface area contributed by atoms with Gasteiger partial charge in [0.25, 0.3) is 0 Å². The van der Waals surface area contributed by atoms with E-state index in [1.807, 2.05) is 47.5 Å². The van der Waals surface area contributed by atoms with E-state index in [1.54, 1.807) is 0 Å². The van der Waals surface area contributed by atoms with Crippen LogP contribution in [0.1, 0.15) is 36.6 Å². The second-order valence-corrected chi connectivity index (χ2v) is 6.55. The van der Waals surface area contributed by atoms with E-state index in [4.69, 9.17) is 0 Å². The summed E-state index contributed by atoms with van der Waals surface area (Å²) in [5, 5.41) is 2.90. The third kappa shape index (κ3) is 2.94. The molecule has 1 unspecified atom stereocenters. The lowest BCUT2D eigenvalue weighted by molar-refractivity contribution is -0.138. The van der Waals surface area contributed by atoms with Crippen molar-refractivity contribution in [3.05, 3.63) is 59.9 Å². The van der Waals surface area contributed by atoms with E-state index in [9.17, 15) is 9.59 Å². The van der Waals surface area contributed by atoms with Crippen molar-refractivity contribution in [3.8, 4) is 0 Å². The number of nitrogens with one attached hydrogen (secondary N) is 1. The normalized spacial score (nSPS) is 19.7. The highest BCUT2D eigenvalue weighted by molar-refractivity contribution is 5.97. The molecule has 2 aliphatic rings. The number of hydrogen-bond donors (Lipinski definition) is 1. The summed E-state index contributed by atoms with van der Waals surface area (Å²) in [5.41, 5.74) is 2.18. The lowest BCUT2D eigenvalue weighted by Crippen LogP contribution is -2.44. The summed E-state index contributed by atoms with van der Waals surface area (Å²) in [6.45, 7) is 1.39. The van der Waals surface area contributed by atoms with Crippen LogP contribution in [0.15, 0.2) is 48.7 Å². The maximum absolute atomic E-state index is 12.8. The molecule has 1 fully saturated rings. The predicted octanol–water partition coefficient (Wildman–Crippen LogP) is 2.09. The van der Waals surface area contributed by atoms with Crippen LogP contribution in [0.25, 0.3) is 0 Å². The molecule has 24 heavy (non-hydrogen) atoms. The number of rotatable bonds is 4. The van der Waals surface area contributed by atoms with Gasteiger partial charge in [0.2, 0.25) is 11.8 Å². The molecule has 1 N–H and O–H groups in total. The van der Waals surface area contributed by atoms with E-state index in [2.05, 4.69) is 16.0 Å². The third-order valence-electron chi connectivity index (χ3n) is 4.73. The number of aromatic nitrogens is 1. The Bertz CT molecular complexity index is 749. The molecule has 1 saturated carbocycles. The van der Waals surface area contributed by atoms with Gasteiger partial charge in [-0.3, -0.25) is 9.59 Å². The zero-order valence-corrected chi connectivity index (χ0v) is 13.5. The Morgan fingerprint density at radius 2 is 1.83 bits per heavy atom. The largest absolute Gasteiger partial charge is 0.353 e. The Hall–Kier alpha value is -2.56. The summed E-state index contributed by atoms with van der Waals surface area (Å²) >= 11 is 0. The Labute approximate surface area is 141 Å². The van der Waals surface area contributed by atoms with Crippen LogP contribution < -0.4 is 5.32 Å². The van der Waals surface area contributed by atoms with Crippen molar-refractivity contribution in [2.75, 3.05) is 6.54 Å². The van der Waals surface area contributed by atoms with E-state index in [0.717, 1.165) is 30.6 Å². The van der Waals surface area contributed by atoms with Crippen molar-refractivity contribution < 1.29 is 9.59 Å². The van der Waals surface area contributed by atoms with Crippen LogP contribution in [0.3, 0.4) is 0 Å². The number of carbonyl (C=O) groups excluding carboxylic acids is 2. The predicted molar refractivity (Wildman–Crippen MR) is 90.2 cm³/mol. The molecule has 1 aliphatic carbocycles. The van der Waals surface area contributed by atoms with E-state index in [0.29, 0.717) is 6.54 Å². The fourth-order valence-electron chi connectivity index (χ4n) is 3.38. The van der Waals surface area contributed by atoms with Crippen LogP contribution in [-0.4, -0.2) is 33.9 Å². The molecule has 0 radical (unpaired) electrons. The highest BCUT2D eigenvalue weighted by Crippen LogP contribution is 2.32. The maximum Gasteiger partial charge on any atom is 0.232 e. The summed E-state index contributed by atoms with van der Waals surface area (Å²) in [5.74, 6) is -0.260. The third-order valence-corrected chi connectivity index (χ3v) is 4.73. The second kappa shape index (κ2) is 6.15. The van der Waals surface area contributed by atoms with Gasteiger partial charge in [-0.05, 0) is 30.5 Å². The molecule has 1 aliphatic heterocycles. The molecule has 2 aromatic rings. The summed E-state index contributed by atoms with van der Waals surface area (Å²) in [7, 11) is 0. The fraction of sp³-hybridized carbons (Fsp3) is 0.368. The molecule has 1 atom stereocenters. The van der Waals surface area contributed by atoms with Crippen LogP contribution in [0.2, 0.25) is 0 Å². The first-order valence-corrected chi connectivity index (χ1v) is 8.51. The average molecular weight is 323 g/mol. The van der Waals surface area contributed by atoms with Crippen LogP contribution in [0.5, 0.6) is 0 Å². The number of nitrogens with zero attached hydrogens (tertiary/aromatic N) is 2. The quantitative estimate of drug-likeness (QED) is 0.876. The molecule has 0 saturated heterocycles. The molecule has 1 aromatic carbocycles. The lowest BCUT2D eigenvalue weighted by Gasteiger charge is -2.37. The zero-order chi connectivity index (χ0) is 16.5. The SMILES string of the molecule is O=C(CC(=O)N1CCn2cccc2C1c1ccccc1)NC1CC1. The molecule has 2 heterocycles. The van der Waals surface area contributed by atoms with Gasteiger partial charge in [0.15, 0.2) is 0 Å². The monoisotopic (exact) mass is 323 g/mol. The summed E-state index contributed by atoms with van der Waals surface area (Å²) in [6, 6.07) is 14.3. The van der Waals surface area contributed by atoms with Crippen molar-refractivity contribution >= 4 is 11.8 Å². The molecule has 5 heteroatoms. The van der Waals surface area contributed by atoms with Crippen LogP contribution >= 0.6 is 0 Å². The summed E-state index contributed by atoms with van der Waals surface area (Å²) in [4.78, 5) is 26.6. The molecule has 2 amide bonds. The average Bonchev–Trinajstić information content (AvgIpc) is 3.27. The Balaban J connectivity index is 1.58. The van der Waals surface area contributed by atoms with Crippen molar-refractivity contribution in [2.24, 2.45) is 0 Å². The Morgan fingerprint density at radius 1 is 1.04 bits per heavy atom. The maximum atomic E-state index is 12.8.